The van der Waals surface area contributed by atoms with Crippen LogP contribution in [0.3, 0.4) is 0 Å². The average molecular weight is 189 g/mol. The molecule has 0 atom stereocenters. The Morgan fingerprint density at radius 1 is 1.29 bits per heavy atom. The van der Waals surface area contributed by atoms with Crippen LogP contribution in [0.2, 0.25) is 0 Å². The second-order valence-electron chi connectivity index (χ2n) is 4.85. The fraction of sp³-hybridized carbons (Fsp3) is 0.417. The number of furan rings is 1. The van der Waals surface area contributed by atoms with Crippen LogP contribution in [0, 0.1) is 5.41 Å². The predicted octanol–water partition coefficient (Wildman–Crippen LogP) is 3.42. The van der Waals surface area contributed by atoms with Crippen molar-refractivity contribution in [2.45, 2.75) is 27.2 Å². The predicted molar refractivity (Wildman–Crippen MR) is 57.2 cm³/mol. The summed E-state index contributed by atoms with van der Waals surface area (Å²) in [5, 5.41) is 1.14. The zero-order chi connectivity index (χ0) is 10.2. The molecule has 2 nitrogen and oxygen atoms in total. The average Bonchev–Trinajstić information content (AvgIpc) is 2.49. The molecule has 0 N–H and O–H groups in total. The number of hydrogen-bond donors (Lipinski definition) is 0. The van der Waals surface area contributed by atoms with E-state index in [-0.39, 0.29) is 0 Å². The van der Waals surface area contributed by atoms with E-state index in [2.05, 4.69) is 31.8 Å². The Morgan fingerprint density at radius 2 is 2.07 bits per heavy atom. The van der Waals surface area contributed by atoms with E-state index in [4.69, 9.17) is 4.42 Å². The molecular formula is C12H15NO. The van der Waals surface area contributed by atoms with Gasteiger partial charge >= 0.3 is 0 Å². The highest BCUT2D eigenvalue weighted by Crippen LogP contribution is 2.25. The van der Waals surface area contributed by atoms with E-state index in [9.17, 15) is 0 Å². The molecule has 0 aliphatic carbocycles. The molecule has 0 aliphatic heterocycles. The summed E-state index contributed by atoms with van der Waals surface area (Å²) in [7, 11) is 0. The van der Waals surface area contributed by atoms with Crippen molar-refractivity contribution < 1.29 is 4.42 Å². The summed E-state index contributed by atoms with van der Waals surface area (Å²) in [4.78, 5) is 4.17. The van der Waals surface area contributed by atoms with Crippen LogP contribution < -0.4 is 0 Å². The Kier molecular flexibility index (Phi) is 2.06. The Morgan fingerprint density at radius 3 is 2.79 bits per heavy atom. The first-order chi connectivity index (χ1) is 6.56. The van der Waals surface area contributed by atoms with Crippen molar-refractivity contribution in [2.24, 2.45) is 5.41 Å². The van der Waals surface area contributed by atoms with E-state index in [1.165, 1.54) is 5.56 Å². The molecule has 2 aromatic rings. The van der Waals surface area contributed by atoms with Crippen molar-refractivity contribution in [2.75, 3.05) is 0 Å². The molecule has 2 aromatic heterocycles. The standard InChI is InChI=1S/C12H15NO/c1-12(2,3)8-9-4-6-13-11-10(9)5-7-14-11/h4-7H,8H2,1-3H3. The van der Waals surface area contributed by atoms with E-state index in [1.807, 2.05) is 12.3 Å². The zero-order valence-electron chi connectivity index (χ0n) is 8.87. The largest absolute Gasteiger partial charge is 0.446 e. The molecule has 0 spiro atoms. The number of fused-ring (bicyclic) bond motifs is 1. The van der Waals surface area contributed by atoms with E-state index in [0.29, 0.717) is 5.41 Å². The smallest absolute Gasteiger partial charge is 0.226 e. The molecule has 14 heavy (non-hydrogen) atoms. The summed E-state index contributed by atoms with van der Waals surface area (Å²) >= 11 is 0. The summed E-state index contributed by atoms with van der Waals surface area (Å²) in [6, 6.07) is 4.06. The summed E-state index contributed by atoms with van der Waals surface area (Å²) in [6.07, 6.45) is 4.56. The maximum atomic E-state index is 5.26. The summed E-state index contributed by atoms with van der Waals surface area (Å²) in [6.45, 7) is 6.71. The molecule has 0 aliphatic rings. The van der Waals surface area contributed by atoms with Gasteiger partial charge in [0.15, 0.2) is 0 Å². The van der Waals surface area contributed by atoms with Gasteiger partial charge in [-0.2, -0.15) is 0 Å². The Balaban J connectivity index is 2.46. The molecule has 0 saturated heterocycles. The molecule has 0 radical (unpaired) electrons. The molecule has 74 valence electrons. The Bertz CT molecular complexity index is 437. The normalized spacial score (nSPS) is 12.2. The molecule has 0 fully saturated rings. The first kappa shape index (κ1) is 9.25. The first-order valence-electron chi connectivity index (χ1n) is 4.87. The zero-order valence-corrected chi connectivity index (χ0v) is 8.87. The number of aromatic nitrogens is 1. The van der Waals surface area contributed by atoms with Crippen molar-refractivity contribution in [1.82, 2.24) is 4.98 Å². The van der Waals surface area contributed by atoms with Crippen molar-refractivity contribution in [3.63, 3.8) is 0 Å². The minimum atomic E-state index is 0.297. The van der Waals surface area contributed by atoms with Gasteiger partial charge in [-0.25, -0.2) is 4.98 Å². The summed E-state index contributed by atoms with van der Waals surface area (Å²) < 4.78 is 5.26. The van der Waals surface area contributed by atoms with Crippen LogP contribution in [0.4, 0.5) is 0 Å². The topological polar surface area (TPSA) is 26.0 Å². The van der Waals surface area contributed by atoms with Gasteiger partial charge in [0, 0.05) is 11.6 Å². The highest BCUT2D eigenvalue weighted by Gasteiger charge is 2.14. The molecule has 2 heteroatoms. The number of pyridine rings is 1. The van der Waals surface area contributed by atoms with Gasteiger partial charge in [0.05, 0.1) is 6.26 Å². The third kappa shape index (κ3) is 1.79. The van der Waals surface area contributed by atoms with Gasteiger partial charge in [0.2, 0.25) is 5.71 Å². The first-order valence-corrected chi connectivity index (χ1v) is 4.87. The maximum absolute atomic E-state index is 5.26. The second-order valence-corrected chi connectivity index (χ2v) is 4.85. The Labute approximate surface area is 84.0 Å². The lowest BCUT2D eigenvalue weighted by Crippen LogP contribution is -2.09. The molecule has 0 bridgehead atoms. The van der Waals surface area contributed by atoms with Gasteiger partial charge in [-0.15, -0.1) is 0 Å². The number of hydrogen-bond acceptors (Lipinski definition) is 2. The van der Waals surface area contributed by atoms with Crippen molar-refractivity contribution in [1.29, 1.82) is 0 Å². The minimum absolute atomic E-state index is 0.297. The summed E-state index contributed by atoms with van der Waals surface area (Å²) in [5.41, 5.74) is 2.36. The summed E-state index contributed by atoms with van der Waals surface area (Å²) in [5.74, 6) is 0. The van der Waals surface area contributed by atoms with Gasteiger partial charge < -0.3 is 4.42 Å². The number of nitrogens with zero attached hydrogens (tertiary/aromatic N) is 1. The molecule has 0 unspecified atom stereocenters. The highest BCUT2D eigenvalue weighted by atomic mass is 16.3. The van der Waals surface area contributed by atoms with Crippen LogP contribution in [-0.4, -0.2) is 4.98 Å². The number of rotatable bonds is 1. The van der Waals surface area contributed by atoms with Crippen LogP contribution in [0.5, 0.6) is 0 Å². The SMILES string of the molecule is CC(C)(C)Cc1ccnc2occc12. The Hall–Kier alpha value is -1.31. The van der Waals surface area contributed by atoms with E-state index in [1.54, 1.807) is 6.26 Å². The molecule has 0 saturated carbocycles. The van der Waals surface area contributed by atoms with Gasteiger partial charge in [-0.3, -0.25) is 0 Å². The monoisotopic (exact) mass is 189 g/mol. The van der Waals surface area contributed by atoms with Crippen molar-refractivity contribution in [3.05, 3.63) is 30.2 Å². The molecular weight excluding hydrogens is 174 g/mol. The van der Waals surface area contributed by atoms with Crippen LogP contribution >= 0.6 is 0 Å². The van der Waals surface area contributed by atoms with Crippen molar-refractivity contribution in [3.8, 4) is 0 Å². The van der Waals surface area contributed by atoms with Crippen molar-refractivity contribution >= 4 is 11.1 Å². The fourth-order valence-corrected chi connectivity index (χ4v) is 1.66. The van der Waals surface area contributed by atoms with Gasteiger partial charge in [-0.05, 0) is 29.5 Å². The third-order valence-corrected chi connectivity index (χ3v) is 2.18. The van der Waals surface area contributed by atoms with Crippen LogP contribution in [0.1, 0.15) is 26.3 Å². The maximum Gasteiger partial charge on any atom is 0.226 e. The minimum Gasteiger partial charge on any atom is -0.446 e. The highest BCUT2D eigenvalue weighted by molar-refractivity contribution is 5.77. The molecule has 2 rings (SSSR count). The van der Waals surface area contributed by atoms with E-state index < -0.39 is 0 Å². The van der Waals surface area contributed by atoms with Gasteiger partial charge in [0.25, 0.3) is 0 Å². The van der Waals surface area contributed by atoms with Gasteiger partial charge in [0.1, 0.15) is 0 Å². The molecule has 0 aromatic carbocycles. The van der Waals surface area contributed by atoms with Crippen LogP contribution in [0.15, 0.2) is 29.0 Å². The van der Waals surface area contributed by atoms with E-state index >= 15 is 0 Å². The molecule has 0 amide bonds. The molecule has 2 heterocycles. The van der Waals surface area contributed by atoms with E-state index in [0.717, 1.165) is 17.5 Å². The lowest BCUT2D eigenvalue weighted by Gasteiger charge is -2.18. The lowest BCUT2D eigenvalue weighted by atomic mass is 9.87. The fourth-order valence-electron chi connectivity index (χ4n) is 1.66. The quantitative estimate of drug-likeness (QED) is 0.687. The third-order valence-electron chi connectivity index (χ3n) is 2.18. The van der Waals surface area contributed by atoms with Crippen LogP contribution in [-0.2, 0) is 6.42 Å². The van der Waals surface area contributed by atoms with Crippen LogP contribution in [0.25, 0.3) is 11.1 Å². The van der Waals surface area contributed by atoms with Gasteiger partial charge in [-0.1, -0.05) is 20.8 Å². The lowest BCUT2D eigenvalue weighted by molar-refractivity contribution is 0.412. The second kappa shape index (κ2) is 3.12.